The molecule has 1 amide bonds. The highest BCUT2D eigenvalue weighted by Gasteiger charge is 2.25. The molecule has 1 N–H and O–H groups in total. The lowest BCUT2D eigenvalue weighted by atomic mass is 9.98. The molecule has 2 rings (SSSR count). The number of oxime groups is 1. The molecule has 0 aliphatic carbocycles. The van der Waals surface area contributed by atoms with Crippen LogP contribution in [-0.2, 0) is 4.79 Å². The van der Waals surface area contributed by atoms with Crippen LogP contribution in [0.25, 0.3) is 0 Å². The molecule has 102 valence electrons. The van der Waals surface area contributed by atoms with Gasteiger partial charge in [0.15, 0.2) is 0 Å². The molecule has 0 spiro atoms. The molecule has 1 aromatic carbocycles. The quantitative estimate of drug-likeness (QED) is 0.525. The number of rotatable bonds is 3. The number of carbonyl (C=O) groups is 1. The van der Waals surface area contributed by atoms with E-state index in [9.17, 15) is 4.79 Å². The summed E-state index contributed by atoms with van der Waals surface area (Å²) in [6.45, 7) is 3.28. The lowest BCUT2D eigenvalue weighted by Crippen LogP contribution is -2.44. The van der Waals surface area contributed by atoms with Gasteiger partial charge in [-0.2, -0.15) is 0 Å². The Labute approximate surface area is 117 Å². The standard InChI is InChI=1S/C14H18N2O2S/c1-11-9-16(8-7-13(11)15-18)14(17)10-19-12-5-3-2-4-6-12/h2-6,11,18H,7-10H2,1H3/b15-13+. The van der Waals surface area contributed by atoms with Crippen LogP contribution in [0.15, 0.2) is 40.4 Å². The number of hydrogen-bond donors (Lipinski definition) is 1. The highest BCUT2D eigenvalue weighted by Crippen LogP contribution is 2.19. The molecule has 1 atom stereocenters. The van der Waals surface area contributed by atoms with E-state index in [1.165, 1.54) is 0 Å². The lowest BCUT2D eigenvalue weighted by molar-refractivity contribution is -0.128. The van der Waals surface area contributed by atoms with Crippen LogP contribution in [0.3, 0.4) is 0 Å². The summed E-state index contributed by atoms with van der Waals surface area (Å²) in [5, 5.41) is 12.1. The smallest absolute Gasteiger partial charge is 0.232 e. The molecule has 19 heavy (non-hydrogen) atoms. The summed E-state index contributed by atoms with van der Waals surface area (Å²) >= 11 is 1.56. The van der Waals surface area contributed by atoms with Gasteiger partial charge in [0.05, 0.1) is 11.5 Å². The monoisotopic (exact) mass is 278 g/mol. The second kappa shape index (κ2) is 6.61. The Kier molecular flexibility index (Phi) is 4.85. The van der Waals surface area contributed by atoms with Crippen LogP contribution >= 0.6 is 11.8 Å². The zero-order valence-electron chi connectivity index (χ0n) is 11.0. The summed E-state index contributed by atoms with van der Waals surface area (Å²) in [5.41, 5.74) is 0.791. The summed E-state index contributed by atoms with van der Waals surface area (Å²) in [6, 6.07) is 9.92. The third-order valence-electron chi connectivity index (χ3n) is 3.29. The predicted octanol–water partition coefficient (Wildman–Crippen LogP) is 2.48. The molecule has 1 fully saturated rings. The molecule has 1 aliphatic heterocycles. The van der Waals surface area contributed by atoms with Crippen molar-refractivity contribution in [3.05, 3.63) is 30.3 Å². The van der Waals surface area contributed by atoms with Crippen molar-refractivity contribution in [2.75, 3.05) is 18.8 Å². The minimum Gasteiger partial charge on any atom is -0.411 e. The Morgan fingerprint density at radius 2 is 2.21 bits per heavy atom. The summed E-state index contributed by atoms with van der Waals surface area (Å²) in [5.74, 6) is 0.754. The third kappa shape index (κ3) is 3.73. The summed E-state index contributed by atoms with van der Waals surface area (Å²) < 4.78 is 0. The fourth-order valence-electron chi connectivity index (χ4n) is 2.15. The van der Waals surface area contributed by atoms with Crippen molar-refractivity contribution in [2.45, 2.75) is 18.2 Å². The van der Waals surface area contributed by atoms with Crippen molar-refractivity contribution in [2.24, 2.45) is 11.1 Å². The Hall–Kier alpha value is -1.49. The van der Waals surface area contributed by atoms with Crippen LogP contribution < -0.4 is 0 Å². The van der Waals surface area contributed by atoms with Crippen molar-refractivity contribution < 1.29 is 10.0 Å². The first-order valence-corrected chi connectivity index (χ1v) is 7.35. The molecular formula is C14H18N2O2S. The first-order valence-electron chi connectivity index (χ1n) is 6.37. The van der Waals surface area contributed by atoms with E-state index in [2.05, 4.69) is 5.16 Å². The van der Waals surface area contributed by atoms with E-state index < -0.39 is 0 Å². The van der Waals surface area contributed by atoms with Crippen molar-refractivity contribution in [1.29, 1.82) is 0 Å². The van der Waals surface area contributed by atoms with Gasteiger partial charge >= 0.3 is 0 Å². The number of likely N-dealkylation sites (tertiary alicyclic amines) is 1. The predicted molar refractivity (Wildman–Crippen MR) is 76.7 cm³/mol. The molecule has 5 heteroatoms. The van der Waals surface area contributed by atoms with Gasteiger partial charge < -0.3 is 10.1 Å². The summed E-state index contributed by atoms with van der Waals surface area (Å²) in [7, 11) is 0. The maximum absolute atomic E-state index is 12.1. The third-order valence-corrected chi connectivity index (χ3v) is 4.28. The molecule has 1 aliphatic rings. The van der Waals surface area contributed by atoms with E-state index in [0.717, 1.165) is 10.6 Å². The Morgan fingerprint density at radius 1 is 1.47 bits per heavy atom. The van der Waals surface area contributed by atoms with Gasteiger partial charge in [0.25, 0.3) is 0 Å². The largest absolute Gasteiger partial charge is 0.411 e. The molecule has 1 heterocycles. The Morgan fingerprint density at radius 3 is 2.84 bits per heavy atom. The van der Waals surface area contributed by atoms with E-state index in [-0.39, 0.29) is 11.8 Å². The van der Waals surface area contributed by atoms with E-state index in [0.29, 0.717) is 25.3 Å². The first kappa shape index (κ1) is 13.9. The van der Waals surface area contributed by atoms with Crippen LogP contribution in [0.2, 0.25) is 0 Å². The van der Waals surface area contributed by atoms with Gasteiger partial charge in [0.2, 0.25) is 5.91 Å². The highest BCUT2D eigenvalue weighted by atomic mass is 32.2. The second-order valence-electron chi connectivity index (χ2n) is 4.68. The van der Waals surface area contributed by atoms with E-state index in [1.807, 2.05) is 42.2 Å². The Balaban J connectivity index is 1.84. The van der Waals surface area contributed by atoms with Gasteiger partial charge in [-0.3, -0.25) is 4.79 Å². The topological polar surface area (TPSA) is 52.9 Å². The maximum Gasteiger partial charge on any atom is 0.232 e. The second-order valence-corrected chi connectivity index (χ2v) is 5.73. The van der Waals surface area contributed by atoms with Gasteiger partial charge in [-0.25, -0.2) is 0 Å². The summed E-state index contributed by atoms with van der Waals surface area (Å²) in [6.07, 6.45) is 0.666. The van der Waals surface area contributed by atoms with Gasteiger partial charge in [-0.05, 0) is 12.1 Å². The van der Waals surface area contributed by atoms with Crippen LogP contribution in [0.4, 0.5) is 0 Å². The number of thioether (sulfide) groups is 1. The fourth-order valence-corrected chi connectivity index (χ4v) is 2.97. The van der Waals surface area contributed by atoms with Crippen LogP contribution in [0.5, 0.6) is 0 Å². The molecule has 1 saturated heterocycles. The molecule has 0 aromatic heterocycles. The van der Waals surface area contributed by atoms with Crippen LogP contribution in [0.1, 0.15) is 13.3 Å². The molecule has 4 nitrogen and oxygen atoms in total. The van der Waals surface area contributed by atoms with Gasteiger partial charge in [-0.1, -0.05) is 30.3 Å². The number of piperidine rings is 1. The number of benzene rings is 1. The van der Waals surface area contributed by atoms with Crippen molar-refractivity contribution in [1.82, 2.24) is 4.90 Å². The normalized spacial score (nSPS) is 21.6. The van der Waals surface area contributed by atoms with Crippen molar-refractivity contribution >= 4 is 23.4 Å². The molecule has 0 bridgehead atoms. The minimum absolute atomic E-state index is 0.143. The van der Waals surface area contributed by atoms with Gasteiger partial charge in [-0.15, -0.1) is 11.8 Å². The Bertz CT molecular complexity index is 462. The van der Waals surface area contributed by atoms with E-state index >= 15 is 0 Å². The number of nitrogens with zero attached hydrogens (tertiary/aromatic N) is 2. The molecule has 0 saturated carbocycles. The average molecular weight is 278 g/mol. The fraction of sp³-hybridized carbons (Fsp3) is 0.429. The molecule has 0 radical (unpaired) electrons. The summed E-state index contributed by atoms with van der Waals surface area (Å²) in [4.78, 5) is 15.1. The maximum atomic E-state index is 12.1. The van der Waals surface area contributed by atoms with Gasteiger partial charge in [0, 0.05) is 30.3 Å². The van der Waals surface area contributed by atoms with Crippen molar-refractivity contribution in [3.63, 3.8) is 0 Å². The average Bonchev–Trinajstić information content (AvgIpc) is 2.45. The highest BCUT2D eigenvalue weighted by molar-refractivity contribution is 8.00. The van der Waals surface area contributed by atoms with Crippen molar-refractivity contribution in [3.8, 4) is 0 Å². The van der Waals surface area contributed by atoms with Gasteiger partial charge in [0.1, 0.15) is 0 Å². The molecular weight excluding hydrogens is 260 g/mol. The molecule has 1 unspecified atom stereocenters. The SMILES string of the molecule is CC1CN(C(=O)CSc2ccccc2)CC/C1=N\O. The number of carbonyl (C=O) groups excluding carboxylic acids is 1. The zero-order chi connectivity index (χ0) is 13.7. The van der Waals surface area contributed by atoms with E-state index in [4.69, 9.17) is 5.21 Å². The lowest BCUT2D eigenvalue weighted by Gasteiger charge is -2.31. The van der Waals surface area contributed by atoms with E-state index in [1.54, 1.807) is 11.8 Å². The molecule has 1 aromatic rings. The zero-order valence-corrected chi connectivity index (χ0v) is 11.8. The van der Waals surface area contributed by atoms with Crippen LogP contribution in [0, 0.1) is 5.92 Å². The van der Waals surface area contributed by atoms with Crippen LogP contribution in [-0.4, -0.2) is 40.6 Å². The first-order chi connectivity index (χ1) is 9.20. The number of amides is 1. The minimum atomic E-state index is 0.143. The number of hydrogen-bond acceptors (Lipinski definition) is 4.